The second-order valence-corrected chi connectivity index (χ2v) is 26.8. The number of aliphatic hydroxyl groups excluding tert-OH is 2. The zero-order valence-corrected chi connectivity index (χ0v) is 54.9. The van der Waals surface area contributed by atoms with Crippen molar-refractivity contribution in [3.8, 4) is 22.5 Å². The van der Waals surface area contributed by atoms with Gasteiger partial charge in [0.1, 0.15) is 47.2 Å². The van der Waals surface area contributed by atoms with Crippen molar-refractivity contribution in [3.05, 3.63) is 200 Å². The smallest absolute Gasteiger partial charge is 0.338 e. The SMILES string of the molecule is CC(=O)O[C@H]1C(=O)[C@@]2(C)C([C@H](OC(=O)c3ccccc3)[C@]3(O)C[C@H](OC(O)[C@H](O)[C@@H](NC(=O)c4ccccc4)c4ccccc4)C(C)=C1C3(C)C)[C@]1(OC(C)=O)CO[C@@H]1C[C@@H]2OC(=O)CCNC(=O)c1ccc(-c2c3cc(F)c(=O)cc-3oc3cc(CC(C)C)c(F)cc23)c(C)c1. The standard InChI is InChI=1S/C75H76F2N2O18/c1-38(2)29-47-31-54-49(32-51(47)76)60(50-33-52(77)53(82)34-55(50)93-54)48-26-25-46(30-39(48)3)68(86)78-28-27-59(83)95-57-35-58-74(37-91-58,97-42(6)81)65-67(96-70(88)45-23-17-12-18-24-45)75(90)36-56(40(4)61(72(75,7)8)64(92-41(5)80)66(85)73(57,65)9)94-71(89)63(84)62(43-19-13-10-14-20-43)79-69(87)44-21-15-11-16-22-44/h10-26,30-34,38,56-58,62-65,67,71,84,89-90H,27-29,35-37H2,1-9H3,(H,78,86)(H,79,87)/t56-,57-,58+,62-,63+,64+,65?,67-,71?,73+,74-,75+/m0/s1. The Morgan fingerprint density at radius 2 is 1.40 bits per heavy atom. The summed E-state index contributed by atoms with van der Waals surface area (Å²) in [6.45, 7) is 12.9. The minimum Gasteiger partial charge on any atom is -0.461 e. The Bertz CT molecular complexity index is 4310. The molecule has 5 aromatic rings. The first-order chi connectivity index (χ1) is 46.0. The number of rotatable bonds is 19. The number of aliphatic hydroxyl groups is 3. The van der Waals surface area contributed by atoms with Gasteiger partial charge in [-0.05, 0) is 121 Å². The highest BCUT2D eigenvalue weighted by Gasteiger charge is 2.79. The molecule has 2 saturated carbocycles. The maximum absolute atomic E-state index is 16.6. The van der Waals surface area contributed by atoms with Crippen LogP contribution in [0.4, 0.5) is 8.78 Å². The van der Waals surface area contributed by atoms with E-state index in [1.54, 1.807) is 104 Å². The highest BCUT2D eigenvalue weighted by atomic mass is 19.1. The number of ketones is 1. The number of benzene rings is 6. The van der Waals surface area contributed by atoms with E-state index in [9.17, 15) is 48.9 Å². The van der Waals surface area contributed by atoms with E-state index in [4.69, 9.17) is 32.8 Å². The van der Waals surface area contributed by atoms with Crippen molar-refractivity contribution in [3.63, 3.8) is 0 Å². The lowest BCUT2D eigenvalue weighted by Gasteiger charge is -2.67. The van der Waals surface area contributed by atoms with E-state index in [0.717, 1.165) is 26.0 Å². The van der Waals surface area contributed by atoms with Crippen molar-refractivity contribution in [2.45, 2.75) is 148 Å². The second kappa shape index (κ2) is 26.9. The molecule has 2 aliphatic heterocycles. The first kappa shape index (κ1) is 69.0. The molecule has 20 nitrogen and oxygen atoms in total. The summed E-state index contributed by atoms with van der Waals surface area (Å²) < 4.78 is 74.9. The molecule has 508 valence electrons. The zero-order valence-electron chi connectivity index (χ0n) is 54.9. The van der Waals surface area contributed by atoms with Gasteiger partial charge in [-0.3, -0.25) is 33.6 Å². The average molecular weight is 1330 g/mol. The molecule has 5 aromatic carbocycles. The molecule has 3 fully saturated rings. The van der Waals surface area contributed by atoms with E-state index >= 15 is 13.6 Å². The Hall–Kier alpha value is -9.32. The molecule has 5 N–H and O–H groups in total. The van der Waals surface area contributed by atoms with Crippen LogP contribution in [0.1, 0.15) is 128 Å². The Morgan fingerprint density at radius 1 is 0.742 bits per heavy atom. The molecule has 4 aliphatic carbocycles. The summed E-state index contributed by atoms with van der Waals surface area (Å²) in [6.07, 6.45) is -13.6. The summed E-state index contributed by atoms with van der Waals surface area (Å²) in [7, 11) is 0. The number of nitrogens with one attached hydrogen (secondary N) is 2. The Morgan fingerprint density at radius 3 is 2.02 bits per heavy atom. The van der Waals surface area contributed by atoms with Crippen LogP contribution >= 0.6 is 0 Å². The number of halogens is 2. The van der Waals surface area contributed by atoms with E-state index in [-0.39, 0.29) is 63.6 Å². The number of aryl methyl sites for hydroxylation is 1. The van der Waals surface area contributed by atoms with Gasteiger partial charge in [-0.25, -0.2) is 13.6 Å². The lowest BCUT2D eigenvalue weighted by atomic mass is 9.44. The van der Waals surface area contributed by atoms with E-state index in [1.807, 2.05) is 13.8 Å². The van der Waals surface area contributed by atoms with Gasteiger partial charge in [0.25, 0.3) is 11.8 Å². The second-order valence-electron chi connectivity index (χ2n) is 26.8. The number of fused-ring (bicyclic) bond motifs is 7. The van der Waals surface area contributed by atoms with Crippen LogP contribution in [-0.2, 0) is 54.0 Å². The van der Waals surface area contributed by atoms with Crippen molar-refractivity contribution in [2.24, 2.45) is 22.7 Å². The number of carbonyl (C=O) groups excluding carboxylic acids is 7. The quantitative estimate of drug-likeness (QED) is 0.0165. The molecule has 22 heteroatoms. The zero-order chi connectivity index (χ0) is 69.8. The molecule has 12 atom stereocenters. The highest BCUT2D eigenvalue weighted by molar-refractivity contribution is 6.04. The summed E-state index contributed by atoms with van der Waals surface area (Å²) in [5.41, 5.74) is -6.58. The molecule has 0 spiro atoms. The number of ether oxygens (including phenoxy) is 6. The van der Waals surface area contributed by atoms with E-state index in [2.05, 4.69) is 10.6 Å². The van der Waals surface area contributed by atoms with Gasteiger partial charge in [0.15, 0.2) is 29.6 Å². The molecule has 2 unspecified atom stereocenters. The number of esters is 4. The van der Waals surface area contributed by atoms with E-state index < -0.39 is 155 Å². The van der Waals surface area contributed by atoms with Crippen LogP contribution in [0.3, 0.4) is 0 Å². The van der Waals surface area contributed by atoms with Crippen molar-refractivity contribution in [1.82, 2.24) is 10.6 Å². The fraction of sp³-hybridized carbons (Fsp3) is 0.387. The lowest BCUT2D eigenvalue weighted by Crippen LogP contribution is -2.82. The van der Waals surface area contributed by atoms with Gasteiger partial charge in [-0.1, -0.05) is 100 Å². The van der Waals surface area contributed by atoms with Gasteiger partial charge in [0, 0.05) is 72.4 Å². The first-order valence-electron chi connectivity index (χ1n) is 32.1. The Labute approximate surface area is 557 Å². The highest BCUT2D eigenvalue weighted by Crippen LogP contribution is 2.65. The third-order valence-electron chi connectivity index (χ3n) is 19.8. The predicted octanol–water partition coefficient (Wildman–Crippen LogP) is 9.56. The molecule has 0 radical (unpaired) electrons. The molecule has 2 bridgehead atoms. The maximum Gasteiger partial charge on any atom is 0.338 e. The normalized spacial score (nSPS) is 25.0. The van der Waals surface area contributed by atoms with Gasteiger partial charge < -0.3 is 58.8 Å². The number of hydrogen-bond donors (Lipinski definition) is 5. The van der Waals surface area contributed by atoms with Crippen molar-refractivity contribution < 1.29 is 90.5 Å². The van der Waals surface area contributed by atoms with Crippen LogP contribution in [0.15, 0.2) is 154 Å². The van der Waals surface area contributed by atoms with Gasteiger partial charge in [-0.2, -0.15) is 0 Å². The van der Waals surface area contributed by atoms with E-state index in [0.29, 0.717) is 39.6 Å². The third-order valence-corrected chi connectivity index (χ3v) is 19.8. The van der Waals surface area contributed by atoms with Crippen molar-refractivity contribution >= 4 is 52.4 Å². The molecule has 1 saturated heterocycles. The molecular weight excluding hydrogens is 1250 g/mol. The monoisotopic (exact) mass is 1330 g/mol. The van der Waals surface area contributed by atoms with Gasteiger partial charge in [0.2, 0.25) is 5.43 Å². The summed E-state index contributed by atoms with van der Waals surface area (Å²) in [6, 6.07) is 32.3. The maximum atomic E-state index is 16.6. The minimum atomic E-state index is -2.54. The van der Waals surface area contributed by atoms with Crippen LogP contribution in [0.2, 0.25) is 0 Å². The fourth-order valence-electron chi connectivity index (χ4n) is 15.0. The summed E-state index contributed by atoms with van der Waals surface area (Å²) >= 11 is 0. The van der Waals surface area contributed by atoms with Crippen molar-refractivity contribution in [1.29, 1.82) is 0 Å². The van der Waals surface area contributed by atoms with Crippen LogP contribution in [0.5, 0.6) is 0 Å². The summed E-state index contributed by atoms with van der Waals surface area (Å²) in [5, 5.41) is 44.4. The average Bonchev–Trinajstić information content (AvgIpc) is 0.666. The molecular formula is C75H76F2N2O18. The van der Waals surface area contributed by atoms with Crippen LogP contribution in [0.25, 0.3) is 33.4 Å². The summed E-state index contributed by atoms with van der Waals surface area (Å²) in [4.78, 5) is 114. The molecule has 2 amide bonds. The molecule has 6 aliphatic rings. The third kappa shape index (κ3) is 12.8. The minimum absolute atomic E-state index is 0.0104. The number of Topliss-reactive ketones (excluding diaryl/α,β-unsaturated/α-hetero) is 1. The van der Waals surface area contributed by atoms with Crippen LogP contribution in [-0.4, -0.2) is 124 Å². The molecule has 0 aromatic heterocycles. The van der Waals surface area contributed by atoms with Crippen LogP contribution in [0, 0.1) is 41.2 Å². The number of carbonyl (C=O) groups is 7. The Kier molecular flexibility index (Phi) is 19.2. The largest absolute Gasteiger partial charge is 0.461 e. The van der Waals surface area contributed by atoms with E-state index in [1.165, 1.54) is 52.0 Å². The molecule has 97 heavy (non-hydrogen) atoms. The molecule has 2 heterocycles. The molecule has 11 rings (SSSR count). The van der Waals surface area contributed by atoms with Gasteiger partial charge in [-0.15, -0.1) is 0 Å². The summed E-state index contributed by atoms with van der Waals surface area (Å²) in [5.74, 6) is -9.20. The predicted molar refractivity (Wildman–Crippen MR) is 347 cm³/mol. The van der Waals surface area contributed by atoms with Crippen molar-refractivity contribution in [2.75, 3.05) is 13.2 Å². The van der Waals surface area contributed by atoms with Gasteiger partial charge in [0.05, 0.1) is 42.1 Å². The number of amides is 2. The first-order valence-corrected chi connectivity index (χ1v) is 32.1. The lowest BCUT2D eigenvalue weighted by molar-refractivity contribution is -0.347. The number of hydrogen-bond acceptors (Lipinski definition) is 18. The Balaban J connectivity index is 0.933. The van der Waals surface area contributed by atoms with Gasteiger partial charge >= 0.3 is 23.9 Å². The topological polar surface area (TPSA) is 290 Å². The van der Waals surface area contributed by atoms with Crippen LogP contribution < -0.4 is 16.1 Å². The fourth-order valence-corrected chi connectivity index (χ4v) is 15.0.